The number of fused-ring (bicyclic) bond motifs is 1. The summed E-state index contributed by atoms with van der Waals surface area (Å²) in [5.41, 5.74) is 2.25. The molecule has 0 atom stereocenters. The van der Waals surface area contributed by atoms with Crippen LogP contribution in [-0.2, 0) is 26.0 Å². The van der Waals surface area contributed by atoms with Gasteiger partial charge in [0.05, 0.1) is 12.7 Å². The summed E-state index contributed by atoms with van der Waals surface area (Å²) < 4.78 is 33.6. The fourth-order valence-corrected chi connectivity index (χ4v) is 5.54. The van der Waals surface area contributed by atoms with E-state index >= 15 is 0 Å². The molecule has 7 nitrogen and oxygen atoms in total. The van der Waals surface area contributed by atoms with Crippen LogP contribution in [0.15, 0.2) is 45.8 Å². The van der Waals surface area contributed by atoms with Crippen molar-refractivity contribution in [2.24, 2.45) is 5.92 Å². The molecule has 1 amide bonds. The summed E-state index contributed by atoms with van der Waals surface area (Å²) in [6.45, 7) is 0.572. The highest BCUT2D eigenvalue weighted by molar-refractivity contribution is 9.10. The van der Waals surface area contributed by atoms with Crippen LogP contribution < -0.4 is 9.62 Å². The Morgan fingerprint density at radius 3 is 2.48 bits per heavy atom. The van der Waals surface area contributed by atoms with Crippen molar-refractivity contribution in [1.82, 2.24) is 0 Å². The van der Waals surface area contributed by atoms with Crippen LogP contribution >= 0.6 is 15.9 Å². The number of nitrogens with one attached hydrogen (secondary N) is 1. The lowest BCUT2D eigenvalue weighted by Crippen LogP contribution is -2.30. The number of hydrogen-bond acceptors (Lipinski definition) is 5. The predicted molar refractivity (Wildman–Crippen MR) is 112 cm³/mol. The van der Waals surface area contributed by atoms with Gasteiger partial charge < -0.3 is 9.64 Å². The van der Waals surface area contributed by atoms with E-state index in [0.29, 0.717) is 34.4 Å². The largest absolute Gasteiger partial charge is 0.465 e. The van der Waals surface area contributed by atoms with Crippen molar-refractivity contribution in [1.29, 1.82) is 0 Å². The van der Waals surface area contributed by atoms with Gasteiger partial charge in [-0.05, 0) is 77.2 Å². The minimum Gasteiger partial charge on any atom is -0.465 e. The van der Waals surface area contributed by atoms with Gasteiger partial charge in [0, 0.05) is 28.3 Å². The monoisotopic (exact) mass is 478 g/mol. The van der Waals surface area contributed by atoms with E-state index in [1.54, 1.807) is 17.0 Å². The van der Waals surface area contributed by atoms with E-state index in [2.05, 4.69) is 25.4 Å². The van der Waals surface area contributed by atoms with Gasteiger partial charge in [-0.25, -0.2) is 13.2 Å². The Bertz CT molecular complexity index is 1090. The molecule has 0 radical (unpaired) electrons. The number of benzene rings is 2. The smallest absolute Gasteiger partial charge is 0.337 e. The number of amides is 1. The highest BCUT2D eigenvalue weighted by Gasteiger charge is 2.37. The molecule has 0 unspecified atom stereocenters. The lowest BCUT2D eigenvalue weighted by atomic mass is 10.2. The normalized spacial score (nSPS) is 15.7. The average Bonchev–Trinajstić information content (AvgIpc) is 3.47. The number of carbonyl (C=O) groups excluding carboxylic acids is 2. The van der Waals surface area contributed by atoms with Crippen LogP contribution in [-0.4, -0.2) is 33.9 Å². The zero-order valence-corrected chi connectivity index (χ0v) is 18.0. The van der Waals surface area contributed by atoms with Crippen molar-refractivity contribution in [3.8, 4) is 0 Å². The first kappa shape index (κ1) is 19.9. The summed E-state index contributed by atoms with van der Waals surface area (Å²) in [5.74, 6) is -0.363. The van der Waals surface area contributed by atoms with Gasteiger partial charge in [-0.3, -0.25) is 9.52 Å². The summed E-state index contributed by atoms with van der Waals surface area (Å²) >= 11 is 3.35. The lowest BCUT2D eigenvalue weighted by Gasteiger charge is -2.19. The van der Waals surface area contributed by atoms with Gasteiger partial charge in [0.15, 0.2) is 0 Å². The second-order valence-corrected chi connectivity index (χ2v) is 9.61. The SMILES string of the molecule is COC(=O)c1ccc(NS(=O)(=O)c2cc3c(cc2Br)CCN3C(=O)C2CC2)cc1. The molecule has 0 spiro atoms. The van der Waals surface area contributed by atoms with Gasteiger partial charge in [-0.15, -0.1) is 0 Å². The first-order chi connectivity index (χ1) is 13.8. The molecule has 9 heteroatoms. The zero-order chi connectivity index (χ0) is 20.8. The van der Waals surface area contributed by atoms with E-state index in [9.17, 15) is 18.0 Å². The third-order valence-corrected chi connectivity index (χ3v) is 7.41. The van der Waals surface area contributed by atoms with Crippen LogP contribution in [0.25, 0.3) is 0 Å². The Morgan fingerprint density at radius 2 is 1.86 bits per heavy atom. The summed E-state index contributed by atoms with van der Waals surface area (Å²) in [7, 11) is -2.63. The van der Waals surface area contributed by atoms with Gasteiger partial charge in [0.25, 0.3) is 10.0 Å². The van der Waals surface area contributed by atoms with Crippen LogP contribution in [0.3, 0.4) is 0 Å². The minimum absolute atomic E-state index is 0.0591. The highest BCUT2D eigenvalue weighted by atomic mass is 79.9. The number of carbonyl (C=O) groups is 2. The van der Waals surface area contributed by atoms with E-state index < -0.39 is 16.0 Å². The fourth-order valence-electron chi connectivity index (χ4n) is 3.38. The minimum atomic E-state index is -3.91. The summed E-state index contributed by atoms with van der Waals surface area (Å²) in [5, 5.41) is 0. The Labute approximate surface area is 177 Å². The second-order valence-electron chi connectivity index (χ2n) is 7.10. The number of sulfonamides is 1. The maximum Gasteiger partial charge on any atom is 0.337 e. The quantitative estimate of drug-likeness (QED) is 0.665. The fraction of sp³-hybridized carbons (Fsp3) is 0.300. The number of anilines is 2. The highest BCUT2D eigenvalue weighted by Crippen LogP contribution is 2.39. The van der Waals surface area contributed by atoms with E-state index in [1.807, 2.05) is 0 Å². The molecule has 2 aromatic rings. The Morgan fingerprint density at radius 1 is 1.17 bits per heavy atom. The molecular weight excluding hydrogens is 460 g/mol. The second kappa shape index (κ2) is 7.46. The molecule has 2 aromatic carbocycles. The van der Waals surface area contributed by atoms with Crippen LogP contribution in [0.1, 0.15) is 28.8 Å². The standard InChI is InChI=1S/C20H19BrN2O5S/c1-28-20(25)13-4-6-15(7-5-13)22-29(26,27)18-11-17-14(10-16(18)21)8-9-23(17)19(24)12-2-3-12/h4-7,10-12,22H,2-3,8-9H2,1H3. The van der Waals surface area contributed by atoms with Crippen molar-refractivity contribution in [2.45, 2.75) is 24.2 Å². The van der Waals surface area contributed by atoms with Crippen LogP contribution in [0.5, 0.6) is 0 Å². The van der Waals surface area contributed by atoms with E-state index in [4.69, 9.17) is 0 Å². The first-order valence-corrected chi connectivity index (χ1v) is 11.4. The van der Waals surface area contributed by atoms with Gasteiger partial charge in [0.2, 0.25) is 5.91 Å². The molecule has 1 aliphatic heterocycles. The molecule has 1 aliphatic carbocycles. The number of halogens is 1. The average molecular weight is 479 g/mol. The van der Waals surface area contributed by atoms with Gasteiger partial charge >= 0.3 is 5.97 Å². The van der Waals surface area contributed by atoms with Crippen molar-refractivity contribution >= 4 is 49.2 Å². The zero-order valence-electron chi connectivity index (χ0n) is 15.6. The maximum atomic E-state index is 13.0. The molecule has 1 N–H and O–H groups in total. The van der Waals surface area contributed by atoms with Gasteiger partial charge in [-0.2, -0.15) is 0 Å². The predicted octanol–water partition coefficient (Wildman–Crippen LogP) is 3.34. The molecule has 0 aromatic heterocycles. The summed E-state index contributed by atoms with van der Waals surface area (Å²) in [6, 6.07) is 9.28. The van der Waals surface area contributed by atoms with E-state index in [0.717, 1.165) is 18.4 Å². The molecule has 2 aliphatic rings. The Balaban J connectivity index is 1.62. The van der Waals surface area contributed by atoms with E-state index in [1.165, 1.54) is 31.4 Å². The molecule has 152 valence electrons. The third-order valence-electron chi connectivity index (χ3n) is 5.07. The number of nitrogens with zero attached hydrogens (tertiary/aromatic N) is 1. The molecule has 0 bridgehead atoms. The molecule has 29 heavy (non-hydrogen) atoms. The van der Waals surface area contributed by atoms with Crippen molar-refractivity contribution in [3.05, 3.63) is 52.0 Å². The molecule has 1 heterocycles. The first-order valence-electron chi connectivity index (χ1n) is 9.15. The molecule has 1 saturated carbocycles. The Kier molecular flexibility index (Phi) is 5.12. The topological polar surface area (TPSA) is 92.8 Å². The van der Waals surface area contributed by atoms with Gasteiger partial charge in [0.1, 0.15) is 4.90 Å². The van der Waals surface area contributed by atoms with Gasteiger partial charge in [-0.1, -0.05) is 0 Å². The number of hydrogen-bond donors (Lipinski definition) is 1. The third kappa shape index (κ3) is 3.89. The number of rotatable bonds is 5. The molecule has 4 rings (SSSR count). The van der Waals surface area contributed by atoms with Crippen molar-refractivity contribution in [3.63, 3.8) is 0 Å². The lowest BCUT2D eigenvalue weighted by molar-refractivity contribution is -0.119. The van der Waals surface area contributed by atoms with Crippen LogP contribution in [0, 0.1) is 5.92 Å². The van der Waals surface area contributed by atoms with E-state index in [-0.39, 0.29) is 16.7 Å². The number of esters is 1. The number of methoxy groups -OCH3 is 1. The van der Waals surface area contributed by atoms with Crippen LogP contribution in [0.2, 0.25) is 0 Å². The molecule has 1 fully saturated rings. The van der Waals surface area contributed by atoms with Crippen molar-refractivity contribution < 1.29 is 22.7 Å². The molecule has 0 saturated heterocycles. The molecular formula is C20H19BrN2O5S. The summed E-state index contributed by atoms with van der Waals surface area (Å²) in [4.78, 5) is 25.8. The Hall–Kier alpha value is -2.39. The number of ether oxygens (including phenoxy) is 1. The maximum absolute atomic E-state index is 13.0. The van der Waals surface area contributed by atoms with Crippen LogP contribution in [0.4, 0.5) is 11.4 Å². The van der Waals surface area contributed by atoms with Crippen molar-refractivity contribution in [2.75, 3.05) is 23.3 Å². The summed E-state index contributed by atoms with van der Waals surface area (Å²) in [6.07, 6.45) is 2.50.